The van der Waals surface area contributed by atoms with Crippen molar-refractivity contribution in [2.24, 2.45) is 0 Å². The molecule has 160 valence electrons. The second kappa shape index (κ2) is 8.63. The number of carbonyl (C=O) groups excluding carboxylic acids is 2. The fourth-order valence-corrected chi connectivity index (χ4v) is 4.22. The van der Waals surface area contributed by atoms with Gasteiger partial charge >= 0.3 is 5.97 Å². The number of carboxylic acids is 1. The zero-order valence-corrected chi connectivity index (χ0v) is 17.1. The quantitative estimate of drug-likeness (QED) is 0.442. The van der Waals surface area contributed by atoms with Gasteiger partial charge in [-0.15, -0.1) is 0 Å². The molecule has 0 fully saturated rings. The number of aliphatic carboxylic acids is 1. The summed E-state index contributed by atoms with van der Waals surface area (Å²) < 4.78 is 0. The first-order valence-electron chi connectivity index (χ1n) is 10.5. The molecule has 0 unspecified atom stereocenters. The number of rotatable bonds is 8. The van der Waals surface area contributed by atoms with Crippen LogP contribution in [-0.2, 0) is 14.4 Å². The first-order valence-corrected chi connectivity index (χ1v) is 10.5. The van der Waals surface area contributed by atoms with Crippen LogP contribution in [-0.4, -0.2) is 34.5 Å². The van der Waals surface area contributed by atoms with Crippen LogP contribution in [0, 0.1) is 0 Å². The molecule has 0 atom stereocenters. The summed E-state index contributed by atoms with van der Waals surface area (Å²) in [6.45, 7) is 0.496. The van der Waals surface area contributed by atoms with E-state index in [2.05, 4.69) is 5.32 Å². The molecule has 2 aromatic rings. The summed E-state index contributed by atoms with van der Waals surface area (Å²) in [5.74, 6) is -1.30. The Bertz CT molecular complexity index is 1090. The number of unbranched alkanes of at least 4 members (excludes halogenated alkanes) is 4. The van der Waals surface area contributed by atoms with Gasteiger partial charge in [-0.1, -0.05) is 37.5 Å². The number of benzene rings is 2. The average molecular weight is 420 g/mol. The predicted molar refractivity (Wildman–Crippen MR) is 118 cm³/mol. The lowest BCUT2D eigenvalue weighted by atomic mass is 9.96. The normalized spacial score (nSPS) is 17.0. The first-order chi connectivity index (χ1) is 15.0. The molecule has 0 bridgehead atoms. The molecule has 7 nitrogen and oxygen atoms in total. The van der Waals surface area contributed by atoms with Gasteiger partial charge in [0.15, 0.2) is 0 Å². The van der Waals surface area contributed by atoms with Crippen molar-refractivity contribution in [3.05, 3.63) is 53.6 Å². The standard InChI is InChI=1S/C24H24N2O5/c27-15-11-12-19-17(14-15)22(21-16-8-5-6-9-18(16)25-23(21)30)24(31)26(19)13-7-3-1-2-4-10-20(28)29/h5-6,8-9,11-12,14,27H,1-4,7,10,13H2,(H,25,30)(H,28,29)/b22-21+. The van der Waals surface area contributed by atoms with Crippen LogP contribution < -0.4 is 10.2 Å². The zero-order valence-electron chi connectivity index (χ0n) is 17.1. The van der Waals surface area contributed by atoms with Crippen molar-refractivity contribution in [1.82, 2.24) is 0 Å². The van der Waals surface area contributed by atoms with Crippen molar-refractivity contribution in [2.75, 3.05) is 16.8 Å². The Labute approximate surface area is 180 Å². The van der Waals surface area contributed by atoms with E-state index in [0.717, 1.165) is 25.7 Å². The summed E-state index contributed by atoms with van der Waals surface area (Å²) in [7, 11) is 0. The topological polar surface area (TPSA) is 107 Å². The van der Waals surface area contributed by atoms with Crippen LogP contribution in [0.3, 0.4) is 0 Å². The van der Waals surface area contributed by atoms with E-state index in [-0.39, 0.29) is 24.0 Å². The van der Waals surface area contributed by atoms with Crippen molar-refractivity contribution >= 4 is 40.3 Å². The van der Waals surface area contributed by atoms with E-state index in [9.17, 15) is 19.5 Å². The number of nitrogens with zero attached hydrogens (tertiary/aromatic N) is 1. The molecule has 3 N–H and O–H groups in total. The number of nitrogens with one attached hydrogen (secondary N) is 1. The van der Waals surface area contributed by atoms with Crippen LogP contribution in [0.1, 0.15) is 49.7 Å². The number of phenolic OH excluding ortho intramolecular Hbond substituents is 1. The molecule has 7 heteroatoms. The Morgan fingerprint density at radius 1 is 0.903 bits per heavy atom. The van der Waals surface area contributed by atoms with E-state index in [1.807, 2.05) is 18.2 Å². The van der Waals surface area contributed by atoms with Crippen molar-refractivity contribution < 1.29 is 24.6 Å². The summed E-state index contributed by atoms with van der Waals surface area (Å²) in [5.41, 5.74) is 3.26. The number of hydrogen-bond donors (Lipinski definition) is 3. The van der Waals surface area contributed by atoms with Crippen molar-refractivity contribution in [3.63, 3.8) is 0 Å². The van der Waals surface area contributed by atoms with Crippen LogP contribution in [0.15, 0.2) is 42.5 Å². The van der Waals surface area contributed by atoms with E-state index >= 15 is 0 Å². The molecule has 31 heavy (non-hydrogen) atoms. The highest BCUT2D eigenvalue weighted by molar-refractivity contribution is 6.49. The third kappa shape index (κ3) is 4.03. The Kier molecular flexibility index (Phi) is 5.75. The van der Waals surface area contributed by atoms with Gasteiger partial charge in [-0.3, -0.25) is 14.4 Å². The molecule has 4 rings (SSSR count). The number of hydrogen-bond acceptors (Lipinski definition) is 4. The van der Waals surface area contributed by atoms with Gasteiger partial charge in [0.2, 0.25) is 0 Å². The molecule has 2 aliphatic rings. The number of anilines is 2. The monoisotopic (exact) mass is 420 g/mol. The molecular weight excluding hydrogens is 396 g/mol. The predicted octanol–water partition coefficient (Wildman–Crippen LogP) is 4.03. The van der Waals surface area contributed by atoms with E-state index in [4.69, 9.17) is 5.11 Å². The van der Waals surface area contributed by atoms with Crippen molar-refractivity contribution in [3.8, 4) is 5.75 Å². The fourth-order valence-electron chi connectivity index (χ4n) is 4.22. The van der Waals surface area contributed by atoms with Gasteiger partial charge in [0, 0.05) is 29.8 Å². The Morgan fingerprint density at radius 3 is 2.45 bits per heavy atom. The third-order valence-corrected chi connectivity index (χ3v) is 5.69. The maximum Gasteiger partial charge on any atom is 0.303 e. The fraction of sp³-hybridized carbons (Fsp3) is 0.292. The lowest BCUT2D eigenvalue weighted by molar-refractivity contribution is -0.137. The molecule has 2 aromatic carbocycles. The lowest BCUT2D eigenvalue weighted by Crippen LogP contribution is -2.28. The summed E-state index contributed by atoms with van der Waals surface area (Å²) in [6, 6.07) is 12.0. The molecule has 0 saturated heterocycles. The molecular formula is C24H24N2O5. The Balaban J connectivity index is 1.57. The maximum atomic E-state index is 13.4. The number of phenols is 1. The van der Waals surface area contributed by atoms with Gasteiger partial charge in [0.1, 0.15) is 5.75 Å². The van der Waals surface area contributed by atoms with Gasteiger partial charge < -0.3 is 20.4 Å². The van der Waals surface area contributed by atoms with E-state index < -0.39 is 5.97 Å². The molecule has 2 amide bonds. The molecule has 0 spiro atoms. The molecule has 2 aliphatic heterocycles. The van der Waals surface area contributed by atoms with Crippen LogP contribution in [0.5, 0.6) is 5.75 Å². The van der Waals surface area contributed by atoms with Crippen molar-refractivity contribution in [2.45, 2.75) is 38.5 Å². The smallest absolute Gasteiger partial charge is 0.303 e. The Morgan fingerprint density at radius 2 is 1.65 bits per heavy atom. The second-order valence-corrected chi connectivity index (χ2v) is 7.82. The highest BCUT2D eigenvalue weighted by Gasteiger charge is 2.39. The minimum Gasteiger partial charge on any atom is -0.508 e. The summed E-state index contributed by atoms with van der Waals surface area (Å²) in [6.07, 6.45) is 4.24. The zero-order chi connectivity index (χ0) is 22.0. The van der Waals surface area contributed by atoms with Crippen LogP contribution in [0.4, 0.5) is 11.4 Å². The minimum atomic E-state index is -0.777. The molecule has 0 aliphatic carbocycles. The summed E-state index contributed by atoms with van der Waals surface area (Å²) in [4.78, 5) is 38.4. The number of carboxylic acid groups (broad SMARTS) is 1. The van der Waals surface area contributed by atoms with Crippen LogP contribution >= 0.6 is 0 Å². The average Bonchev–Trinajstić information content (AvgIpc) is 3.19. The van der Waals surface area contributed by atoms with E-state index in [0.29, 0.717) is 46.6 Å². The van der Waals surface area contributed by atoms with Gasteiger partial charge in [0.25, 0.3) is 11.8 Å². The third-order valence-electron chi connectivity index (χ3n) is 5.69. The van der Waals surface area contributed by atoms with Crippen LogP contribution in [0.2, 0.25) is 0 Å². The second-order valence-electron chi connectivity index (χ2n) is 7.82. The van der Waals surface area contributed by atoms with E-state index in [1.165, 1.54) is 6.07 Å². The summed E-state index contributed by atoms with van der Waals surface area (Å²) in [5, 5.41) is 21.5. The molecule has 2 heterocycles. The van der Waals surface area contributed by atoms with Crippen molar-refractivity contribution in [1.29, 1.82) is 0 Å². The van der Waals surface area contributed by atoms with Gasteiger partial charge in [-0.2, -0.15) is 0 Å². The number of fused-ring (bicyclic) bond motifs is 2. The minimum absolute atomic E-state index is 0.0385. The lowest BCUT2D eigenvalue weighted by Gasteiger charge is -2.17. The SMILES string of the molecule is O=C(O)CCCCCCCN1C(=O)/C(=C2/C(=O)Nc3ccccc32)c2cc(O)ccc21. The molecule has 0 radical (unpaired) electrons. The molecule has 0 saturated carbocycles. The maximum absolute atomic E-state index is 13.4. The highest BCUT2D eigenvalue weighted by Crippen LogP contribution is 2.45. The molecule has 0 aromatic heterocycles. The number of aromatic hydroxyl groups is 1. The summed E-state index contributed by atoms with van der Waals surface area (Å²) >= 11 is 0. The number of para-hydroxylation sites is 1. The highest BCUT2D eigenvalue weighted by atomic mass is 16.4. The first kappa shape index (κ1) is 20.7. The number of amides is 2. The number of carbonyl (C=O) groups is 3. The Hall–Kier alpha value is -3.61. The van der Waals surface area contributed by atoms with Crippen LogP contribution in [0.25, 0.3) is 11.1 Å². The largest absolute Gasteiger partial charge is 0.508 e. The van der Waals surface area contributed by atoms with Gasteiger partial charge in [-0.25, -0.2) is 0 Å². The van der Waals surface area contributed by atoms with E-state index in [1.54, 1.807) is 23.1 Å². The van der Waals surface area contributed by atoms with Gasteiger partial charge in [-0.05, 0) is 37.1 Å². The van der Waals surface area contributed by atoms with Gasteiger partial charge in [0.05, 0.1) is 16.8 Å².